The van der Waals surface area contributed by atoms with Crippen LogP contribution in [0, 0.1) is 0 Å². The monoisotopic (exact) mass is 442 g/mol. The number of aliphatic carboxylic acids is 2. The number of unbranched alkanes of at least 4 members (excludes halogenated alkanes) is 1. The first kappa shape index (κ1) is 25.4. The minimum Gasteiger partial charge on any atom is -0.494 e. The summed E-state index contributed by atoms with van der Waals surface area (Å²) >= 11 is 0. The molecule has 174 valence electrons. The van der Waals surface area contributed by atoms with Crippen molar-refractivity contribution in [3.8, 4) is 5.75 Å². The third-order valence-electron chi connectivity index (χ3n) is 5.41. The first-order chi connectivity index (χ1) is 15.5. The van der Waals surface area contributed by atoms with Crippen LogP contribution in [0.2, 0.25) is 0 Å². The van der Waals surface area contributed by atoms with Gasteiger partial charge in [0.15, 0.2) is 0 Å². The molecule has 0 amide bonds. The molecule has 2 N–H and O–H groups in total. The van der Waals surface area contributed by atoms with Crippen molar-refractivity contribution in [1.29, 1.82) is 0 Å². The van der Waals surface area contributed by atoms with Crippen molar-refractivity contribution in [2.24, 2.45) is 0 Å². The van der Waals surface area contributed by atoms with Crippen LogP contribution in [-0.2, 0) is 16.0 Å². The molecule has 1 heterocycles. The van der Waals surface area contributed by atoms with Crippen LogP contribution in [-0.4, -0.2) is 77.8 Å². The van der Waals surface area contributed by atoms with Gasteiger partial charge in [0.05, 0.1) is 6.61 Å². The van der Waals surface area contributed by atoms with Crippen molar-refractivity contribution >= 4 is 11.9 Å². The molecule has 0 aliphatic carbocycles. The van der Waals surface area contributed by atoms with Crippen LogP contribution >= 0.6 is 0 Å². The van der Waals surface area contributed by atoms with E-state index in [9.17, 15) is 0 Å². The van der Waals surface area contributed by atoms with Gasteiger partial charge < -0.3 is 24.7 Å². The van der Waals surface area contributed by atoms with E-state index in [2.05, 4.69) is 71.3 Å². The second kappa shape index (κ2) is 14.2. The van der Waals surface area contributed by atoms with Crippen molar-refractivity contribution in [3.63, 3.8) is 0 Å². The van der Waals surface area contributed by atoms with Crippen molar-refractivity contribution in [2.45, 2.75) is 26.2 Å². The molecule has 3 rings (SSSR count). The van der Waals surface area contributed by atoms with E-state index >= 15 is 0 Å². The lowest BCUT2D eigenvalue weighted by molar-refractivity contribution is -0.159. The minimum absolute atomic E-state index is 0.812. The smallest absolute Gasteiger partial charge is 0.414 e. The van der Waals surface area contributed by atoms with Crippen LogP contribution in [0.4, 0.5) is 0 Å². The zero-order valence-corrected chi connectivity index (χ0v) is 18.8. The fraction of sp³-hybridized carbons (Fsp3) is 0.440. The Morgan fingerprint density at radius 2 is 1.38 bits per heavy atom. The summed E-state index contributed by atoms with van der Waals surface area (Å²) < 4.78 is 5.91. The third-order valence-corrected chi connectivity index (χ3v) is 5.41. The lowest BCUT2D eigenvalue weighted by atomic mass is 10.1. The predicted octanol–water partition coefficient (Wildman–Crippen LogP) is 3.23. The molecular formula is C25H34N2O5. The molecule has 0 bridgehead atoms. The molecule has 1 aliphatic rings. The number of rotatable bonds is 9. The summed E-state index contributed by atoms with van der Waals surface area (Å²) in [5.41, 5.74) is 2.68. The van der Waals surface area contributed by atoms with Crippen LogP contribution in [0.15, 0.2) is 54.6 Å². The highest BCUT2D eigenvalue weighted by Crippen LogP contribution is 2.15. The molecule has 1 fully saturated rings. The number of likely N-dealkylation sites (N-methyl/N-ethyl adjacent to an activating group) is 1. The molecule has 7 nitrogen and oxygen atoms in total. The molecule has 0 spiro atoms. The van der Waals surface area contributed by atoms with Gasteiger partial charge in [-0.3, -0.25) is 0 Å². The maximum absolute atomic E-state index is 9.10. The Morgan fingerprint density at radius 3 is 1.94 bits per heavy atom. The highest BCUT2D eigenvalue weighted by molar-refractivity contribution is 6.27. The molecular weight excluding hydrogens is 408 g/mol. The molecule has 0 saturated carbocycles. The Kier molecular flexibility index (Phi) is 11.3. The summed E-state index contributed by atoms with van der Waals surface area (Å²) in [5, 5.41) is 14.8. The number of carbonyl (C=O) groups is 2. The molecule has 0 unspecified atom stereocenters. The van der Waals surface area contributed by atoms with Crippen molar-refractivity contribution in [3.05, 3.63) is 65.7 Å². The second-order valence-corrected chi connectivity index (χ2v) is 7.75. The SMILES string of the molecule is CCN1CCN(CCCCOc2ccc(Cc3ccccc3)cc2)CC1.O=C(O)C(=O)O. The Hall–Kier alpha value is -2.90. The van der Waals surface area contributed by atoms with E-state index in [1.165, 1.54) is 56.8 Å². The summed E-state index contributed by atoms with van der Waals surface area (Å²) in [6, 6.07) is 19.1. The molecule has 7 heteroatoms. The molecule has 0 aromatic heterocycles. The molecule has 2 aromatic rings. The fourth-order valence-corrected chi connectivity index (χ4v) is 3.49. The number of piperazine rings is 1. The van der Waals surface area contributed by atoms with E-state index in [0.717, 1.165) is 25.2 Å². The van der Waals surface area contributed by atoms with E-state index in [0.29, 0.717) is 0 Å². The maximum Gasteiger partial charge on any atom is 0.414 e. The number of hydrogen-bond acceptors (Lipinski definition) is 5. The van der Waals surface area contributed by atoms with Crippen LogP contribution in [0.25, 0.3) is 0 Å². The standard InChI is InChI=1S/C23H32N2O.C2H2O4/c1-2-24-15-17-25(18-16-24)14-6-7-19-26-23-12-10-22(11-13-23)20-21-8-4-3-5-9-21;3-1(4)2(5)6/h3-5,8-13H,2,6-7,14-20H2,1H3;(H,3,4)(H,5,6). The minimum atomic E-state index is -1.82. The van der Waals surface area contributed by atoms with Gasteiger partial charge >= 0.3 is 11.9 Å². The Labute approximate surface area is 190 Å². The predicted molar refractivity (Wildman–Crippen MR) is 124 cm³/mol. The highest BCUT2D eigenvalue weighted by atomic mass is 16.5. The number of carboxylic acids is 2. The average Bonchev–Trinajstić information content (AvgIpc) is 2.81. The number of carboxylic acid groups (broad SMARTS) is 2. The Morgan fingerprint density at radius 1 is 0.812 bits per heavy atom. The van der Waals surface area contributed by atoms with Gasteiger partial charge in [-0.1, -0.05) is 49.4 Å². The number of benzene rings is 2. The third kappa shape index (κ3) is 9.94. The quantitative estimate of drug-likeness (QED) is 0.455. The van der Waals surface area contributed by atoms with Gasteiger partial charge in [-0.2, -0.15) is 0 Å². The van der Waals surface area contributed by atoms with Gasteiger partial charge in [-0.15, -0.1) is 0 Å². The van der Waals surface area contributed by atoms with Gasteiger partial charge in [0, 0.05) is 26.2 Å². The first-order valence-electron chi connectivity index (χ1n) is 11.1. The van der Waals surface area contributed by atoms with Gasteiger partial charge in [-0.05, 0) is 55.6 Å². The van der Waals surface area contributed by atoms with E-state index < -0.39 is 11.9 Å². The number of nitrogens with zero attached hydrogens (tertiary/aromatic N) is 2. The average molecular weight is 443 g/mol. The number of hydrogen-bond donors (Lipinski definition) is 2. The second-order valence-electron chi connectivity index (χ2n) is 7.75. The summed E-state index contributed by atoms with van der Waals surface area (Å²) in [4.78, 5) is 23.3. The molecule has 0 radical (unpaired) electrons. The normalized spacial score (nSPS) is 14.3. The Bertz CT molecular complexity index is 791. The van der Waals surface area contributed by atoms with Crippen LogP contribution < -0.4 is 4.74 Å². The first-order valence-corrected chi connectivity index (χ1v) is 11.1. The Balaban J connectivity index is 0.000000534. The fourth-order valence-electron chi connectivity index (χ4n) is 3.49. The van der Waals surface area contributed by atoms with Gasteiger partial charge in [0.2, 0.25) is 0 Å². The van der Waals surface area contributed by atoms with Crippen LogP contribution in [0.1, 0.15) is 30.9 Å². The zero-order chi connectivity index (χ0) is 23.2. The maximum atomic E-state index is 9.10. The lowest BCUT2D eigenvalue weighted by Gasteiger charge is -2.33. The summed E-state index contributed by atoms with van der Waals surface area (Å²) in [6.07, 6.45) is 3.32. The van der Waals surface area contributed by atoms with Crippen molar-refractivity contribution in [2.75, 3.05) is 45.9 Å². The zero-order valence-electron chi connectivity index (χ0n) is 18.8. The van der Waals surface area contributed by atoms with E-state index in [1.54, 1.807) is 0 Å². The van der Waals surface area contributed by atoms with E-state index in [-0.39, 0.29) is 0 Å². The van der Waals surface area contributed by atoms with E-state index in [4.69, 9.17) is 24.5 Å². The van der Waals surface area contributed by atoms with Crippen LogP contribution in [0.5, 0.6) is 5.75 Å². The molecule has 0 atom stereocenters. The largest absolute Gasteiger partial charge is 0.494 e. The van der Waals surface area contributed by atoms with Gasteiger partial charge in [0.1, 0.15) is 5.75 Å². The van der Waals surface area contributed by atoms with Crippen molar-refractivity contribution < 1.29 is 24.5 Å². The molecule has 32 heavy (non-hydrogen) atoms. The molecule has 2 aromatic carbocycles. The number of ether oxygens (including phenoxy) is 1. The van der Waals surface area contributed by atoms with Crippen molar-refractivity contribution in [1.82, 2.24) is 9.80 Å². The van der Waals surface area contributed by atoms with E-state index in [1.807, 2.05) is 0 Å². The van der Waals surface area contributed by atoms with Gasteiger partial charge in [-0.25, -0.2) is 9.59 Å². The summed E-state index contributed by atoms with van der Waals surface area (Å²) in [6.45, 7) is 10.3. The summed E-state index contributed by atoms with van der Waals surface area (Å²) in [5.74, 6) is -2.66. The van der Waals surface area contributed by atoms with Crippen LogP contribution in [0.3, 0.4) is 0 Å². The topological polar surface area (TPSA) is 90.3 Å². The lowest BCUT2D eigenvalue weighted by Crippen LogP contribution is -2.46. The highest BCUT2D eigenvalue weighted by Gasteiger charge is 2.14. The molecule has 1 aliphatic heterocycles. The molecule has 1 saturated heterocycles. The summed E-state index contributed by atoms with van der Waals surface area (Å²) in [7, 11) is 0. The van der Waals surface area contributed by atoms with Gasteiger partial charge in [0.25, 0.3) is 0 Å².